The van der Waals surface area contributed by atoms with Crippen LogP contribution in [0.2, 0.25) is 0 Å². The molecule has 54 heavy (non-hydrogen) atoms. The van der Waals surface area contributed by atoms with Gasteiger partial charge in [-0.15, -0.1) is 0 Å². The highest BCUT2D eigenvalue weighted by Crippen LogP contribution is 2.30. The third-order valence-electron chi connectivity index (χ3n) is 9.44. The van der Waals surface area contributed by atoms with Crippen LogP contribution in [0.4, 0.5) is 0 Å². The molecule has 0 aromatic heterocycles. The molecule has 304 valence electrons. The molecule has 8 heteroatoms. The number of carbonyl (C=O) groups is 2. The van der Waals surface area contributed by atoms with Crippen molar-refractivity contribution in [2.24, 2.45) is 10.8 Å². The van der Waals surface area contributed by atoms with Gasteiger partial charge in [0.1, 0.15) is 11.2 Å². The minimum atomic E-state index is -0.610. The van der Waals surface area contributed by atoms with E-state index in [0.717, 1.165) is 52.1 Å². The SMILES string of the molecule is CC(C)(C)CN(CCN(Cc1ccccc1)[C@H]1CCCC[C@@H]1N(CCN(CC(=O)OC(C)(C)C)CC(=O)OC(C)(C)C)Cc1ccccc1)CC(C)(C)C. The van der Waals surface area contributed by atoms with E-state index in [-0.39, 0.29) is 35.9 Å². The van der Waals surface area contributed by atoms with Gasteiger partial charge >= 0.3 is 11.9 Å². The Hall–Kier alpha value is -2.78. The first kappa shape index (κ1) is 45.6. The van der Waals surface area contributed by atoms with Crippen LogP contribution < -0.4 is 0 Å². The lowest BCUT2D eigenvalue weighted by molar-refractivity contribution is -0.160. The summed E-state index contributed by atoms with van der Waals surface area (Å²) in [5.41, 5.74) is 1.81. The van der Waals surface area contributed by atoms with E-state index in [4.69, 9.17) is 9.47 Å². The number of hydrogen-bond acceptors (Lipinski definition) is 8. The van der Waals surface area contributed by atoms with Crippen molar-refractivity contribution in [3.05, 3.63) is 71.8 Å². The van der Waals surface area contributed by atoms with E-state index in [1.807, 2.05) is 46.4 Å². The van der Waals surface area contributed by atoms with E-state index < -0.39 is 11.2 Å². The zero-order valence-corrected chi connectivity index (χ0v) is 36.2. The van der Waals surface area contributed by atoms with Crippen molar-refractivity contribution in [1.82, 2.24) is 19.6 Å². The molecule has 8 nitrogen and oxygen atoms in total. The van der Waals surface area contributed by atoms with Crippen LogP contribution >= 0.6 is 0 Å². The number of hydrogen-bond donors (Lipinski definition) is 0. The molecular formula is C46H76N4O4. The molecule has 0 amide bonds. The molecule has 2 aromatic carbocycles. The van der Waals surface area contributed by atoms with Gasteiger partial charge in [-0.2, -0.15) is 0 Å². The predicted octanol–water partition coefficient (Wildman–Crippen LogP) is 8.68. The first-order chi connectivity index (χ1) is 25.1. The summed E-state index contributed by atoms with van der Waals surface area (Å²) in [4.78, 5) is 36.3. The Morgan fingerprint density at radius 3 is 1.22 bits per heavy atom. The van der Waals surface area contributed by atoms with Gasteiger partial charge < -0.3 is 14.4 Å². The topological polar surface area (TPSA) is 65.6 Å². The van der Waals surface area contributed by atoms with Gasteiger partial charge in [-0.3, -0.25) is 24.3 Å². The lowest BCUT2D eigenvalue weighted by Gasteiger charge is -2.46. The average Bonchev–Trinajstić information content (AvgIpc) is 3.02. The summed E-state index contributed by atoms with van der Waals surface area (Å²) in [6, 6.07) is 22.3. The van der Waals surface area contributed by atoms with Crippen LogP contribution in [0.3, 0.4) is 0 Å². The van der Waals surface area contributed by atoms with E-state index >= 15 is 0 Å². The number of esters is 2. The summed E-state index contributed by atoms with van der Waals surface area (Å²) < 4.78 is 11.4. The molecule has 1 fully saturated rings. The number of benzene rings is 2. The fourth-order valence-corrected chi connectivity index (χ4v) is 7.73. The third kappa shape index (κ3) is 18.7. The number of nitrogens with zero attached hydrogens (tertiary/aromatic N) is 4. The van der Waals surface area contributed by atoms with Crippen LogP contribution in [0.5, 0.6) is 0 Å². The van der Waals surface area contributed by atoms with Crippen LogP contribution in [0.1, 0.15) is 120 Å². The summed E-state index contributed by atoms with van der Waals surface area (Å²) in [6.45, 7) is 32.5. The standard InChI is InChI=1S/C46H76N4O4/c1-43(2,3)35-48(36-44(4,5)6)28-30-50(32-38-23-17-14-18-24-38)40-26-20-19-25-39(40)49(31-37-21-15-13-16-22-37)29-27-47(33-41(51)53-45(7,8)9)34-42(52)54-46(10,11)12/h13-18,21-24,39-40H,19-20,25-36H2,1-12H3/t39-,40-/m0/s1. The van der Waals surface area contributed by atoms with Crippen LogP contribution in [0, 0.1) is 10.8 Å². The van der Waals surface area contributed by atoms with Crippen molar-refractivity contribution in [2.45, 2.75) is 145 Å². The summed E-state index contributed by atoms with van der Waals surface area (Å²) in [6.07, 6.45) is 4.64. The lowest BCUT2D eigenvalue weighted by atomic mass is 9.87. The fraction of sp³-hybridized carbons (Fsp3) is 0.696. The minimum Gasteiger partial charge on any atom is -0.459 e. The van der Waals surface area contributed by atoms with Crippen molar-refractivity contribution in [3.8, 4) is 0 Å². The molecule has 0 bridgehead atoms. The monoisotopic (exact) mass is 749 g/mol. The second-order valence-electron chi connectivity index (χ2n) is 20.0. The Kier molecular flexibility index (Phi) is 17.2. The second-order valence-corrected chi connectivity index (χ2v) is 20.0. The molecule has 2 atom stereocenters. The average molecular weight is 749 g/mol. The first-order valence-electron chi connectivity index (χ1n) is 20.5. The van der Waals surface area contributed by atoms with Gasteiger partial charge in [0.05, 0.1) is 13.1 Å². The van der Waals surface area contributed by atoms with Crippen molar-refractivity contribution in [1.29, 1.82) is 0 Å². The molecule has 0 N–H and O–H groups in total. The lowest BCUT2D eigenvalue weighted by Crippen LogP contribution is -2.56. The smallest absolute Gasteiger partial charge is 0.320 e. The molecule has 0 saturated heterocycles. The van der Waals surface area contributed by atoms with Crippen molar-refractivity contribution in [3.63, 3.8) is 0 Å². The second kappa shape index (κ2) is 20.4. The quantitative estimate of drug-likeness (QED) is 0.141. The Bertz CT molecular complexity index is 1340. The Labute approximate surface area is 329 Å². The van der Waals surface area contributed by atoms with Gasteiger partial charge in [0, 0.05) is 64.4 Å². The van der Waals surface area contributed by atoms with Gasteiger partial charge in [0.15, 0.2) is 0 Å². The van der Waals surface area contributed by atoms with E-state index in [9.17, 15) is 9.59 Å². The van der Waals surface area contributed by atoms with Gasteiger partial charge in [-0.1, -0.05) is 115 Å². The van der Waals surface area contributed by atoms with Gasteiger partial charge in [0.2, 0.25) is 0 Å². The maximum Gasteiger partial charge on any atom is 0.320 e. The zero-order chi connectivity index (χ0) is 40.2. The highest BCUT2D eigenvalue weighted by Gasteiger charge is 2.35. The molecule has 0 heterocycles. The third-order valence-corrected chi connectivity index (χ3v) is 9.44. The predicted molar refractivity (Wildman–Crippen MR) is 223 cm³/mol. The van der Waals surface area contributed by atoms with Gasteiger partial charge in [0.25, 0.3) is 0 Å². The Morgan fingerprint density at radius 1 is 0.537 bits per heavy atom. The van der Waals surface area contributed by atoms with Crippen molar-refractivity contribution >= 4 is 11.9 Å². The summed E-state index contributed by atoms with van der Waals surface area (Å²) in [5.74, 6) is -0.666. The Morgan fingerprint density at radius 2 is 0.889 bits per heavy atom. The van der Waals surface area contributed by atoms with Crippen LogP contribution in [0.15, 0.2) is 60.7 Å². The van der Waals surface area contributed by atoms with Gasteiger partial charge in [-0.05, 0) is 76.3 Å². The van der Waals surface area contributed by atoms with Crippen molar-refractivity contribution in [2.75, 3.05) is 52.4 Å². The number of ether oxygens (including phenoxy) is 2. The van der Waals surface area contributed by atoms with Crippen LogP contribution in [-0.2, 0) is 32.2 Å². The molecule has 0 unspecified atom stereocenters. The molecule has 0 spiro atoms. The number of carbonyl (C=O) groups excluding carboxylic acids is 2. The normalized spacial score (nSPS) is 17.4. The van der Waals surface area contributed by atoms with E-state index in [0.29, 0.717) is 25.2 Å². The Balaban J connectivity index is 1.96. The summed E-state index contributed by atoms with van der Waals surface area (Å²) >= 11 is 0. The molecule has 1 aliphatic carbocycles. The highest BCUT2D eigenvalue weighted by atomic mass is 16.6. The first-order valence-corrected chi connectivity index (χ1v) is 20.5. The molecule has 0 radical (unpaired) electrons. The molecule has 1 saturated carbocycles. The fourth-order valence-electron chi connectivity index (χ4n) is 7.73. The maximum atomic E-state index is 13.1. The summed E-state index contributed by atoms with van der Waals surface area (Å²) in [5, 5.41) is 0. The number of rotatable bonds is 18. The van der Waals surface area contributed by atoms with E-state index in [2.05, 4.69) is 117 Å². The summed E-state index contributed by atoms with van der Waals surface area (Å²) in [7, 11) is 0. The van der Waals surface area contributed by atoms with Crippen LogP contribution in [0.25, 0.3) is 0 Å². The molecule has 3 rings (SSSR count). The molecular weight excluding hydrogens is 673 g/mol. The molecule has 0 aliphatic heterocycles. The van der Waals surface area contributed by atoms with E-state index in [1.54, 1.807) is 0 Å². The van der Waals surface area contributed by atoms with Crippen LogP contribution in [-0.4, -0.2) is 107 Å². The largest absolute Gasteiger partial charge is 0.459 e. The van der Waals surface area contributed by atoms with Crippen molar-refractivity contribution < 1.29 is 19.1 Å². The van der Waals surface area contributed by atoms with E-state index in [1.165, 1.54) is 24.0 Å². The highest BCUT2D eigenvalue weighted by molar-refractivity contribution is 5.75. The molecule has 1 aliphatic rings. The van der Waals surface area contributed by atoms with Gasteiger partial charge in [-0.25, -0.2) is 0 Å². The minimum absolute atomic E-state index is 0.0291. The maximum absolute atomic E-state index is 13.1. The zero-order valence-electron chi connectivity index (χ0n) is 36.2. The molecule has 2 aromatic rings.